The van der Waals surface area contributed by atoms with Gasteiger partial charge in [0.15, 0.2) is 0 Å². The van der Waals surface area contributed by atoms with Gasteiger partial charge in [-0.25, -0.2) is 0 Å². The van der Waals surface area contributed by atoms with E-state index in [-0.39, 0.29) is 11.6 Å². The Morgan fingerprint density at radius 3 is 2.53 bits per heavy atom. The van der Waals surface area contributed by atoms with E-state index in [2.05, 4.69) is 56.4 Å². The fourth-order valence-electron chi connectivity index (χ4n) is 3.50. The van der Waals surface area contributed by atoms with Gasteiger partial charge in [0.05, 0.1) is 6.07 Å². The molecule has 102 valence electrons. The van der Waals surface area contributed by atoms with Crippen LogP contribution in [0.15, 0.2) is 30.3 Å². The average Bonchev–Trinajstić information content (AvgIpc) is 2.84. The first-order chi connectivity index (χ1) is 9.09. The van der Waals surface area contributed by atoms with Crippen molar-refractivity contribution >= 4 is 0 Å². The van der Waals surface area contributed by atoms with E-state index < -0.39 is 0 Å². The van der Waals surface area contributed by atoms with Gasteiger partial charge in [-0.1, -0.05) is 50.6 Å². The lowest BCUT2D eigenvalue weighted by Crippen LogP contribution is -2.49. The molecule has 0 aromatic heterocycles. The summed E-state index contributed by atoms with van der Waals surface area (Å²) in [4.78, 5) is 0. The highest BCUT2D eigenvalue weighted by atomic mass is 15.0. The van der Waals surface area contributed by atoms with E-state index in [0.717, 1.165) is 12.8 Å². The SMILES string of the molecule is CC(C)[C@H]1CCC[C@@]1(C#N)N[C@H](C)c1ccccc1. The molecular weight excluding hydrogens is 232 g/mol. The van der Waals surface area contributed by atoms with Crippen LogP contribution in [0.3, 0.4) is 0 Å². The first kappa shape index (κ1) is 14.1. The Hall–Kier alpha value is -1.33. The zero-order valence-electron chi connectivity index (χ0n) is 12.2. The number of benzene rings is 1. The van der Waals surface area contributed by atoms with Crippen LogP contribution in [-0.2, 0) is 0 Å². The molecule has 0 saturated heterocycles. The standard InChI is InChI=1S/C17H24N2/c1-13(2)16-10-7-11-17(16,12-18)19-14(3)15-8-5-4-6-9-15/h4-6,8-9,13-14,16,19H,7,10-11H2,1-3H3/t14-,16-,17+/m1/s1. The van der Waals surface area contributed by atoms with Crippen LogP contribution >= 0.6 is 0 Å². The van der Waals surface area contributed by atoms with Crippen LogP contribution in [0, 0.1) is 23.2 Å². The van der Waals surface area contributed by atoms with Gasteiger partial charge in [-0.3, -0.25) is 5.32 Å². The van der Waals surface area contributed by atoms with Crippen LogP contribution < -0.4 is 5.32 Å². The Morgan fingerprint density at radius 1 is 1.26 bits per heavy atom. The lowest BCUT2D eigenvalue weighted by molar-refractivity contribution is 0.233. The van der Waals surface area contributed by atoms with Crippen molar-refractivity contribution in [2.75, 3.05) is 0 Å². The van der Waals surface area contributed by atoms with E-state index in [1.165, 1.54) is 12.0 Å². The number of rotatable bonds is 4. The van der Waals surface area contributed by atoms with Crippen molar-refractivity contribution in [3.05, 3.63) is 35.9 Å². The zero-order valence-corrected chi connectivity index (χ0v) is 12.2. The lowest BCUT2D eigenvalue weighted by Gasteiger charge is -2.35. The van der Waals surface area contributed by atoms with Crippen molar-refractivity contribution < 1.29 is 0 Å². The van der Waals surface area contributed by atoms with Gasteiger partial charge < -0.3 is 0 Å². The molecule has 1 aromatic rings. The Bertz CT molecular complexity index is 446. The second-order valence-corrected chi connectivity index (χ2v) is 6.10. The fraction of sp³-hybridized carbons (Fsp3) is 0.588. The molecule has 0 unspecified atom stereocenters. The predicted octanol–water partition coefficient (Wildman–Crippen LogP) is 4.06. The molecule has 19 heavy (non-hydrogen) atoms. The van der Waals surface area contributed by atoms with Gasteiger partial charge in [0.1, 0.15) is 5.54 Å². The molecule has 1 aromatic carbocycles. The van der Waals surface area contributed by atoms with E-state index >= 15 is 0 Å². The quantitative estimate of drug-likeness (QED) is 0.882. The summed E-state index contributed by atoms with van der Waals surface area (Å²) < 4.78 is 0. The van der Waals surface area contributed by atoms with Crippen molar-refractivity contribution in [3.8, 4) is 6.07 Å². The van der Waals surface area contributed by atoms with Crippen molar-refractivity contribution in [3.63, 3.8) is 0 Å². The number of nitrogens with one attached hydrogen (secondary N) is 1. The molecule has 0 heterocycles. The third-order valence-corrected chi connectivity index (χ3v) is 4.50. The minimum atomic E-state index is -0.344. The van der Waals surface area contributed by atoms with Crippen molar-refractivity contribution in [2.45, 2.75) is 51.6 Å². The molecule has 1 aliphatic carbocycles. The largest absolute Gasteiger partial charge is 0.293 e. The molecular formula is C17H24N2. The Morgan fingerprint density at radius 2 is 1.95 bits per heavy atom. The first-order valence-corrected chi connectivity index (χ1v) is 7.33. The van der Waals surface area contributed by atoms with Crippen molar-refractivity contribution in [1.82, 2.24) is 5.32 Å². The van der Waals surface area contributed by atoms with Crippen LogP contribution in [0.1, 0.15) is 51.6 Å². The molecule has 0 radical (unpaired) electrons. The van der Waals surface area contributed by atoms with Gasteiger partial charge in [-0.05, 0) is 37.2 Å². The number of hydrogen-bond acceptors (Lipinski definition) is 2. The highest BCUT2D eigenvalue weighted by Gasteiger charge is 2.45. The molecule has 2 rings (SSSR count). The van der Waals surface area contributed by atoms with Gasteiger partial charge in [-0.15, -0.1) is 0 Å². The zero-order chi connectivity index (χ0) is 13.9. The molecule has 0 spiro atoms. The van der Waals surface area contributed by atoms with E-state index in [1.807, 2.05) is 6.07 Å². The van der Waals surface area contributed by atoms with E-state index in [0.29, 0.717) is 11.8 Å². The smallest absolute Gasteiger partial charge is 0.110 e. The summed E-state index contributed by atoms with van der Waals surface area (Å²) >= 11 is 0. The lowest BCUT2D eigenvalue weighted by atomic mass is 9.80. The highest BCUT2D eigenvalue weighted by molar-refractivity contribution is 5.22. The number of nitriles is 1. The maximum Gasteiger partial charge on any atom is 0.110 e. The molecule has 2 nitrogen and oxygen atoms in total. The summed E-state index contributed by atoms with van der Waals surface area (Å²) in [5.74, 6) is 1.02. The summed E-state index contributed by atoms with van der Waals surface area (Å²) in [5.41, 5.74) is 0.912. The van der Waals surface area contributed by atoms with Crippen LogP contribution in [0.2, 0.25) is 0 Å². The van der Waals surface area contributed by atoms with Gasteiger partial charge in [0.25, 0.3) is 0 Å². The van der Waals surface area contributed by atoms with Gasteiger partial charge >= 0.3 is 0 Å². The summed E-state index contributed by atoms with van der Waals surface area (Å²) in [6.45, 7) is 6.62. The maximum atomic E-state index is 9.72. The first-order valence-electron chi connectivity index (χ1n) is 7.33. The number of hydrogen-bond donors (Lipinski definition) is 1. The highest BCUT2D eigenvalue weighted by Crippen LogP contribution is 2.41. The van der Waals surface area contributed by atoms with Crippen LogP contribution in [0.4, 0.5) is 0 Å². The molecule has 0 amide bonds. The van der Waals surface area contributed by atoms with Crippen molar-refractivity contribution in [1.29, 1.82) is 5.26 Å². The summed E-state index contributed by atoms with van der Waals surface area (Å²) in [6, 6.07) is 13.2. The molecule has 1 saturated carbocycles. The normalized spacial score (nSPS) is 28.3. The second-order valence-electron chi connectivity index (χ2n) is 6.10. The summed E-state index contributed by atoms with van der Waals surface area (Å²) in [5, 5.41) is 13.3. The van der Waals surface area contributed by atoms with Gasteiger partial charge in [-0.2, -0.15) is 5.26 Å². The Kier molecular flexibility index (Phi) is 4.27. The van der Waals surface area contributed by atoms with E-state index in [9.17, 15) is 5.26 Å². The van der Waals surface area contributed by atoms with Gasteiger partial charge in [0.2, 0.25) is 0 Å². The van der Waals surface area contributed by atoms with Crippen LogP contribution in [-0.4, -0.2) is 5.54 Å². The molecule has 3 atom stereocenters. The van der Waals surface area contributed by atoms with E-state index in [1.54, 1.807) is 0 Å². The summed E-state index contributed by atoms with van der Waals surface area (Å²) in [6.07, 6.45) is 3.30. The summed E-state index contributed by atoms with van der Waals surface area (Å²) in [7, 11) is 0. The number of nitrogens with zero attached hydrogens (tertiary/aromatic N) is 1. The van der Waals surface area contributed by atoms with Crippen LogP contribution in [0.5, 0.6) is 0 Å². The Balaban J connectivity index is 2.17. The third kappa shape index (κ3) is 2.82. The van der Waals surface area contributed by atoms with E-state index in [4.69, 9.17) is 0 Å². The molecule has 2 heteroatoms. The monoisotopic (exact) mass is 256 g/mol. The van der Waals surface area contributed by atoms with Crippen molar-refractivity contribution in [2.24, 2.45) is 11.8 Å². The van der Waals surface area contributed by atoms with Crippen LogP contribution in [0.25, 0.3) is 0 Å². The second kappa shape index (κ2) is 5.75. The molecule has 1 N–H and O–H groups in total. The minimum Gasteiger partial charge on any atom is -0.293 e. The van der Waals surface area contributed by atoms with Gasteiger partial charge in [0, 0.05) is 6.04 Å². The Labute approximate surface area is 116 Å². The predicted molar refractivity (Wildman–Crippen MR) is 78.5 cm³/mol. The maximum absolute atomic E-state index is 9.72. The molecule has 1 aliphatic rings. The molecule has 0 aliphatic heterocycles. The molecule has 0 bridgehead atoms. The molecule has 1 fully saturated rings. The fourth-order valence-corrected chi connectivity index (χ4v) is 3.50. The minimum absolute atomic E-state index is 0.222. The third-order valence-electron chi connectivity index (χ3n) is 4.50. The average molecular weight is 256 g/mol. The topological polar surface area (TPSA) is 35.8 Å².